The molecular formula is C14H15N3O3S. The fourth-order valence-electron chi connectivity index (χ4n) is 2.15. The topological polar surface area (TPSA) is 83.2 Å². The Bertz CT molecular complexity index is 722. The first-order chi connectivity index (χ1) is 10.1. The van der Waals surface area contributed by atoms with Gasteiger partial charge in [0.2, 0.25) is 0 Å². The second-order valence-corrected chi connectivity index (χ2v) is 5.71. The molecule has 0 fully saturated rings. The fraction of sp³-hybridized carbons (Fsp3) is 0.286. The van der Waals surface area contributed by atoms with Gasteiger partial charge in [0.1, 0.15) is 5.75 Å². The third kappa shape index (κ3) is 3.14. The van der Waals surface area contributed by atoms with Crippen LogP contribution in [0.2, 0.25) is 0 Å². The highest BCUT2D eigenvalue weighted by Crippen LogP contribution is 2.30. The summed E-state index contributed by atoms with van der Waals surface area (Å²) in [5, 5.41) is 7.93. The van der Waals surface area contributed by atoms with Crippen LogP contribution in [0.3, 0.4) is 0 Å². The summed E-state index contributed by atoms with van der Waals surface area (Å²) in [5.41, 5.74) is 2.60. The SMILES string of the molecule is CC(NCc1csc(=O)[nH]1)c1ccc2c(c1)NC(=O)CO2. The molecule has 6 nitrogen and oxygen atoms in total. The number of carbonyl (C=O) groups is 1. The van der Waals surface area contributed by atoms with Gasteiger partial charge in [-0.15, -0.1) is 0 Å². The van der Waals surface area contributed by atoms with Crippen LogP contribution >= 0.6 is 11.3 Å². The normalized spacial score (nSPS) is 15.0. The summed E-state index contributed by atoms with van der Waals surface area (Å²) in [7, 11) is 0. The Kier molecular flexibility index (Phi) is 3.76. The van der Waals surface area contributed by atoms with E-state index < -0.39 is 0 Å². The predicted octanol–water partition coefficient (Wildman–Crippen LogP) is 1.62. The van der Waals surface area contributed by atoms with E-state index in [0.29, 0.717) is 18.0 Å². The van der Waals surface area contributed by atoms with E-state index >= 15 is 0 Å². The number of ether oxygens (including phenoxy) is 1. The number of amides is 1. The van der Waals surface area contributed by atoms with Gasteiger partial charge in [-0.05, 0) is 24.6 Å². The Morgan fingerprint density at radius 3 is 3.05 bits per heavy atom. The van der Waals surface area contributed by atoms with E-state index in [1.165, 1.54) is 0 Å². The number of carbonyl (C=O) groups excluding carboxylic acids is 1. The van der Waals surface area contributed by atoms with Crippen LogP contribution in [-0.4, -0.2) is 17.5 Å². The lowest BCUT2D eigenvalue weighted by Crippen LogP contribution is -2.26. The number of hydrogen-bond donors (Lipinski definition) is 3. The van der Waals surface area contributed by atoms with Crippen LogP contribution in [0.5, 0.6) is 5.75 Å². The number of H-pyrrole nitrogens is 1. The van der Waals surface area contributed by atoms with E-state index in [2.05, 4.69) is 15.6 Å². The Morgan fingerprint density at radius 2 is 2.29 bits per heavy atom. The van der Waals surface area contributed by atoms with E-state index in [1.54, 1.807) is 0 Å². The minimum absolute atomic E-state index is 0.0481. The average molecular weight is 305 g/mol. The van der Waals surface area contributed by atoms with Gasteiger partial charge in [0, 0.05) is 23.7 Å². The van der Waals surface area contributed by atoms with Crippen LogP contribution < -0.4 is 20.2 Å². The molecule has 7 heteroatoms. The Balaban J connectivity index is 1.69. The van der Waals surface area contributed by atoms with Gasteiger partial charge in [0.25, 0.3) is 5.91 Å². The molecule has 1 amide bonds. The van der Waals surface area contributed by atoms with Crippen molar-refractivity contribution in [3.8, 4) is 5.75 Å². The summed E-state index contributed by atoms with van der Waals surface area (Å²) in [4.78, 5) is 25.1. The smallest absolute Gasteiger partial charge is 0.304 e. The number of benzene rings is 1. The van der Waals surface area contributed by atoms with E-state index in [4.69, 9.17) is 4.74 Å². The molecule has 0 saturated heterocycles. The molecule has 1 aliphatic rings. The summed E-state index contributed by atoms with van der Waals surface area (Å²) in [6.45, 7) is 2.67. The zero-order chi connectivity index (χ0) is 14.8. The Morgan fingerprint density at radius 1 is 1.43 bits per heavy atom. The zero-order valence-electron chi connectivity index (χ0n) is 11.4. The van der Waals surface area contributed by atoms with Crippen molar-refractivity contribution in [2.24, 2.45) is 0 Å². The first-order valence-electron chi connectivity index (χ1n) is 6.58. The van der Waals surface area contributed by atoms with Crippen molar-refractivity contribution in [2.75, 3.05) is 11.9 Å². The van der Waals surface area contributed by atoms with Crippen molar-refractivity contribution in [3.63, 3.8) is 0 Å². The maximum atomic E-state index is 11.3. The largest absolute Gasteiger partial charge is 0.482 e. The van der Waals surface area contributed by atoms with Gasteiger partial charge >= 0.3 is 4.87 Å². The van der Waals surface area contributed by atoms with Crippen molar-refractivity contribution in [1.29, 1.82) is 0 Å². The van der Waals surface area contributed by atoms with E-state index in [9.17, 15) is 9.59 Å². The van der Waals surface area contributed by atoms with Crippen LogP contribution in [-0.2, 0) is 11.3 Å². The van der Waals surface area contributed by atoms with Crippen molar-refractivity contribution >= 4 is 22.9 Å². The fourth-order valence-corrected chi connectivity index (χ4v) is 2.73. The molecule has 0 spiro atoms. The molecule has 0 aliphatic carbocycles. The summed E-state index contributed by atoms with van der Waals surface area (Å²) in [6.07, 6.45) is 0. The van der Waals surface area contributed by atoms with Gasteiger partial charge < -0.3 is 20.4 Å². The lowest BCUT2D eigenvalue weighted by Gasteiger charge is -2.20. The third-order valence-electron chi connectivity index (χ3n) is 3.31. The molecule has 21 heavy (non-hydrogen) atoms. The minimum atomic E-state index is -0.142. The summed E-state index contributed by atoms with van der Waals surface area (Å²) in [5.74, 6) is 0.545. The molecule has 2 aromatic rings. The summed E-state index contributed by atoms with van der Waals surface area (Å²) in [6, 6.07) is 5.80. The van der Waals surface area contributed by atoms with E-state index in [1.807, 2.05) is 30.5 Å². The van der Waals surface area contributed by atoms with Crippen LogP contribution in [0.15, 0.2) is 28.4 Å². The second kappa shape index (κ2) is 5.71. The molecule has 110 valence electrons. The molecule has 0 radical (unpaired) electrons. The maximum absolute atomic E-state index is 11.3. The Hall–Kier alpha value is -2.12. The molecule has 1 aliphatic heterocycles. The standard InChI is InChI=1S/C14H15N3O3S/c1-8(15-5-10-7-21-14(19)16-10)9-2-3-12-11(4-9)17-13(18)6-20-12/h2-4,7-8,15H,5-6H2,1H3,(H,16,19)(H,17,18). The summed E-state index contributed by atoms with van der Waals surface area (Å²) >= 11 is 1.16. The molecule has 3 N–H and O–H groups in total. The molecule has 1 aromatic carbocycles. The van der Waals surface area contributed by atoms with Crippen molar-refractivity contribution in [1.82, 2.24) is 10.3 Å². The highest BCUT2D eigenvalue weighted by molar-refractivity contribution is 7.07. The zero-order valence-corrected chi connectivity index (χ0v) is 12.3. The average Bonchev–Trinajstić information content (AvgIpc) is 2.89. The van der Waals surface area contributed by atoms with Crippen LogP contribution in [0, 0.1) is 0 Å². The summed E-state index contributed by atoms with van der Waals surface area (Å²) < 4.78 is 5.33. The van der Waals surface area contributed by atoms with E-state index in [0.717, 1.165) is 22.6 Å². The van der Waals surface area contributed by atoms with Crippen molar-refractivity contribution < 1.29 is 9.53 Å². The second-order valence-electron chi connectivity index (χ2n) is 4.87. The molecular weight excluding hydrogens is 290 g/mol. The number of nitrogens with one attached hydrogen (secondary N) is 3. The minimum Gasteiger partial charge on any atom is -0.482 e. The first-order valence-corrected chi connectivity index (χ1v) is 7.46. The number of aromatic nitrogens is 1. The Labute approximate surface area is 125 Å². The number of anilines is 1. The number of rotatable bonds is 4. The molecule has 1 unspecified atom stereocenters. The van der Waals surface area contributed by atoms with E-state index in [-0.39, 0.29) is 23.4 Å². The lowest BCUT2D eigenvalue weighted by molar-refractivity contribution is -0.118. The van der Waals surface area contributed by atoms with Gasteiger partial charge in [-0.3, -0.25) is 9.59 Å². The number of thiazole rings is 1. The van der Waals surface area contributed by atoms with Gasteiger partial charge in [-0.1, -0.05) is 17.4 Å². The first kappa shape index (κ1) is 13.8. The van der Waals surface area contributed by atoms with Crippen molar-refractivity contribution in [2.45, 2.75) is 19.5 Å². The molecule has 3 rings (SSSR count). The van der Waals surface area contributed by atoms with Crippen LogP contribution in [0.4, 0.5) is 5.69 Å². The lowest BCUT2D eigenvalue weighted by atomic mass is 10.1. The highest BCUT2D eigenvalue weighted by atomic mass is 32.1. The van der Waals surface area contributed by atoms with Gasteiger partial charge in [-0.2, -0.15) is 0 Å². The van der Waals surface area contributed by atoms with Gasteiger partial charge in [-0.25, -0.2) is 0 Å². The highest BCUT2D eigenvalue weighted by Gasteiger charge is 2.17. The monoisotopic (exact) mass is 305 g/mol. The molecule has 2 heterocycles. The number of hydrogen-bond acceptors (Lipinski definition) is 5. The molecule has 0 saturated carbocycles. The van der Waals surface area contributed by atoms with Crippen molar-refractivity contribution in [3.05, 3.63) is 44.5 Å². The predicted molar refractivity (Wildman–Crippen MR) is 80.8 cm³/mol. The maximum Gasteiger partial charge on any atom is 0.304 e. The molecule has 1 aromatic heterocycles. The molecule has 1 atom stereocenters. The molecule has 0 bridgehead atoms. The van der Waals surface area contributed by atoms with Gasteiger partial charge in [0.15, 0.2) is 6.61 Å². The number of aromatic amines is 1. The van der Waals surface area contributed by atoms with Crippen LogP contribution in [0.1, 0.15) is 24.2 Å². The quantitative estimate of drug-likeness (QED) is 0.801. The van der Waals surface area contributed by atoms with Gasteiger partial charge in [0.05, 0.1) is 5.69 Å². The third-order valence-corrected chi connectivity index (χ3v) is 4.02. The number of fused-ring (bicyclic) bond motifs is 1. The van der Waals surface area contributed by atoms with Crippen LogP contribution in [0.25, 0.3) is 0 Å².